The Balaban J connectivity index is 1.84. The molecule has 1 aliphatic rings. The van der Waals surface area contributed by atoms with Crippen molar-refractivity contribution < 1.29 is 4.84 Å². The van der Waals surface area contributed by atoms with Crippen molar-refractivity contribution in [3.8, 4) is 0 Å². The van der Waals surface area contributed by atoms with Gasteiger partial charge in [-0.15, -0.1) is 11.8 Å². The lowest BCUT2D eigenvalue weighted by molar-refractivity contribution is 0.103. The molecule has 0 aromatic carbocycles. The van der Waals surface area contributed by atoms with Gasteiger partial charge in [0.05, 0.1) is 5.71 Å². The lowest BCUT2D eigenvalue weighted by Crippen LogP contribution is -2.09. The molecule has 0 fully saturated rings. The summed E-state index contributed by atoms with van der Waals surface area (Å²) in [6.07, 6.45) is 4.80. The standard InChI is InChI=1S/C10H11BrN2OS/c1-7-2-9(14-13-7)6-15-10-3-8(11)4-12-5-10/h3-5,9H,2,6H2,1H3. The Morgan fingerprint density at radius 2 is 2.47 bits per heavy atom. The number of hydrogen-bond donors (Lipinski definition) is 0. The SMILES string of the molecule is CC1=NOC(CSc2cncc(Br)c2)C1. The van der Waals surface area contributed by atoms with Gasteiger partial charge in [0.25, 0.3) is 0 Å². The fourth-order valence-electron chi connectivity index (χ4n) is 1.32. The van der Waals surface area contributed by atoms with E-state index in [1.165, 1.54) is 0 Å². The summed E-state index contributed by atoms with van der Waals surface area (Å²) in [6.45, 7) is 1.99. The van der Waals surface area contributed by atoms with E-state index >= 15 is 0 Å². The Kier molecular flexibility index (Phi) is 3.64. The van der Waals surface area contributed by atoms with Gasteiger partial charge in [-0.3, -0.25) is 4.98 Å². The molecule has 0 saturated carbocycles. The van der Waals surface area contributed by atoms with Crippen LogP contribution in [-0.4, -0.2) is 22.6 Å². The molecule has 0 saturated heterocycles. The molecule has 1 aliphatic heterocycles. The second-order valence-corrected chi connectivity index (χ2v) is 5.42. The van der Waals surface area contributed by atoms with Gasteiger partial charge in [-0.2, -0.15) is 0 Å². The fraction of sp³-hybridized carbons (Fsp3) is 0.400. The van der Waals surface area contributed by atoms with Crippen molar-refractivity contribution in [1.82, 2.24) is 4.98 Å². The summed E-state index contributed by atoms with van der Waals surface area (Å²) in [5.41, 5.74) is 1.08. The normalized spacial score (nSPS) is 19.9. The molecule has 3 nitrogen and oxygen atoms in total. The van der Waals surface area contributed by atoms with Crippen LogP contribution >= 0.6 is 27.7 Å². The van der Waals surface area contributed by atoms with E-state index in [9.17, 15) is 0 Å². The van der Waals surface area contributed by atoms with E-state index in [0.29, 0.717) is 0 Å². The molecule has 2 heterocycles. The number of aromatic nitrogens is 1. The first-order valence-electron chi connectivity index (χ1n) is 4.66. The van der Waals surface area contributed by atoms with Gasteiger partial charge in [-0.25, -0.2) is 0 Å². The van der Waals surface area contributed by atoms with E-state index in [4.69, 9.17) is 4.84 Å². The summed E-state index contributed by atoms with van der Waals surface area (Å²) in [7, 11) is 0. The van der Waals surface area contributed by atoms with Crippen molar-refractivity contribution in [2.24, 2.45) is 5.16 Å². The first kappa shape index (κ1) is 11.0. The van der Waals surface area contributed by atoms with Crippen LogP contribution in [0, 0.1) is 0 Å². The third-order valence-corrected chi connectivity index (χ3v) is 3.53. The molecule has 0 amide bonds. The van der Waals surface area contributed by atoms with Gasteiger partial charge in [0, 0.05) is 33.9 Å². The number of hydrogen-bond acceptors (Lipinski definition) is 4. The Hall–Kier alpha value is -0.550. The Morgan fingerprint density at radius 1 is 1.60 bits per heavy atom. The van der Waals surface area contributed by atoms with Crippen LogP contribution in [0.25, 0.3) is 0 Å². The average Bonchev–Trinajstić information content (AvgIpc) is 2.62. The lowest BCUT2D eigenvalue weighted by atomic mass is 10.2. The second-order valence-electron chi connectivity index (χ2n) is 3.41. The van der Waals surface area contributed by atoms with Crippen LogP contribution < -0.4 is 0 Å². The van der Waals surface area contributed by atoms with E-state index in [0.717, 1.165) is 27.3 Å². The van der Waals surface area contributed by atoms with Crippen LogP contribution in [0.1, 0.15) is 13.3 Å². The van der Waals surface area contributed by atoms with E-state index in [1.807, 2.05) is 13.1 Å². The first-order chi connectivity index (χ1) is 7.24. The minimum atomic E-state index is 0.217. The van der Waals surface area contributed by atoms with Gasteiger partial charge in [-0.1, -0.05) is 5.16 Å². The molecular weight excluding hydrogens is 276 g/mol. The summed E-state index contributed by atoms with van der Waals surface area (Å²) >= 11 is 5.14. The van der Waals surface area contributed by atoms with Crippen LogP contribution in [0.2, 0.25) is 0 Å². The van der Waals surface area contributed by atoms with Gasteiger partial charge in [0.1, 0.15) is 6.10 Å². The van der Waals surface area contributed by atoms with E-state index in [1.54, 1.807) is 18.0 Å². The molecule has 1 unspecified atom stereocenters. The van der Waals surface area contributed by atoms with Gasteiger partial charge >= 0.3 is 0 Å². The predicted octanol–water partition coefficient (Wildman–Crippen LogP) is 3.10. The topological polar surface area (TPSA) is 34.5 Å². The molecule has 1 aromatic rings. The summed E-state index contributed by atoms with van der Waals surface area (Å²) in [5.74, 6) is 0.916. The van der Waals surface area contributed by atoms with Crippen molar-refractivity contribution in [2.75, 3.05) is 5.75 Å². The fourth-order valence-corrected chi connectivity index (χ4v) is 2.74. The smallest absolute Gasteiger partial charge is 0.142 e. The molecular formula is C10H11BrN2OS. The molecule has 2 rings (SSSR count). The molecule has 15 heavy (non-hydrogen) atoms. The van der Waals surface area contributed by atoms with Gasteiger partial charge < -0.3 is 4.84 Å². The molecule has 0 bridgehead atoms. The van der Waals surface area contributed by atoms with Gasteiger partial charge in [0.15, 0.2) is 0 Å². The Labute approximate surface area is 101 Å². The summed E-state index contributed by atoms with van der Waals surface area (Å²) in [6, 6.07) is 2.06. The number of pyridine rings is 1. The lowest BCUT2D eigenvalue weighted by Gasteiger charge is -2.07. The summed E-state index contributed by atoms with van der Waals surface area (Å²) < 4.78 is 1.01. The van der Waals surface area contributed by atoms with Crippen molar-refractivity contribution in [2.45, 2.75) is 24.3 Å². The molecule has 1 aromatic heterocycles. The van der Waals surface area contributed by atoms with Crippen LogP contribution in [0.3, 0.4) is 0 Å². The number of rotatable bonds is 3. The molecule has 5 heteroatoms. The van der Waals surface area contributed by atoms with Gasteiger partial charge in [0.2, 0.25) is 0 Å². The maximum Gasteiger partial charge on any atom is 0.142 e. The third-order valence-electron chi connectivity index (χ3n) is 2.00. The summed E-state index contributed by atoms with van der Waals surface area (Å²) in [5, 5.41) is 3.93. The zero-order valence-corrected chi connectivity index (χ0v) is 10.7. The molecule has 0 radical (unpaired) electrons. The molecule has 0 aliphatic carbocycles. The Morgan fingerprint density at radius 3 is 3.13 bits per heavy atom. The Bertz CT molecular complexity index is 383. The van der Waals surface area contributed by atoms with Gasteiger partial charge in [-0.05, 0) is 28.9 Å². The van der Waals surface area contributed by atoms with E-state index in [2.05, 4.69) is 32.1 Å². The van der Waals surface area contributed by atoms with Crippen LogP contribution in [0.5, 0.6) is 0 Å². The molecule has 0 spiro atoms. The quantitative estimate of drug-likeness (QED) is 0.801. The molecule has 1 atom stereocenters. The van der Waals surface area contributed by atoms with Crippen molar-refractivity contribution in [1.29, 1.82) is 0 Å². The summed E-state index contributed by atoms with van der Waals surface area (Å²) in [4.78, 5) is 10.5. The third kappa shape index (κ3) is 3.21. The highest BCUT2D eigenvalue weighted by Crippen LogP contribution is 2.24. The highest BCUT2D eigenvalue weighted by Gasteiger charge is 2.17. The predicted molar refractivity (Wildman–Crippen MR) is 65.3 cm³/mol. The first-order valence-corrected chi connectivity index (χ1v) is 6.44. The van der Waals surface area contributed by atoms with Crippen LogP contribution in [0.4, 0.5) is 0 Å². The second kappa shape index (κ2) is 4.99. The zero-order chi connectivity index (χ0) is 10.7. The van der Waals surface area contributed by atoms with Crippen LogP contribution in [0.15, 0.2) is 33.0 Å². The van der Waals surface area contributed by atoms with Crippen molar-refractivity contribution >= 4 is 33.4 Å². The number of nitrogens with zero attached hydrogens (tertiary/aromatic N) is 2. The highest BCUT2D eigenvalue weighted by atomic mass is 79.9. The highest BCUT2D eigenvalue weighted by molar-refractivity contribution is 9.10. The number of oxime groups is 1. The monoisotopic (exact) mass is 286 g/mol. The zero-order valence-electron chi connectivity index (χ0n) is 8.31. The van der Waals surface area contributed by atoms with Crippen molar-refractivity contribution in [3.63, 3.8) is 0 Å². The maximum atomic E-state index is 5.25. The minimum absolute atomic E-state index is 0.217. The molecule has 80 valence electrons. The maximum absolute atomic E-state index is 5.25. The molecule has 0 N–H and O–H groups in total. The van der Waals surface area contributed by atoms with E-state index < -0.39 is 0 Å². The van der Waals surface area contributed by atoms with Crippen LogP contribution in [-0.2, 0) is 4.84 Å². The van der Waals surface area contributed by atoms with E-state index in [-0.39, 0.29) is 6.10 Å². The number of thioether (sulfide) groups is 1. The largest absolute Gasteiger partial charge is 0.391 e. The van der Waals surface area contributed by atoms with Crippen molar-refractivity contribution in [3.05, 3.63) is 22.9 Å². The number of halogens is 1. The minimum Gasteiger partial charge on any atom is -0.391 e. The average molecular weight is 287 g/mol.